The minimum absolute atomic E-state index is 0.0907. The normalized spacial score (nSPS) is 12.6. The predicted octanol–water partition coefficient (Wildman–Crippen LogP) is 0.841. The molecule has 8 heteroatoms. The Hall–Kier alpha value is -1.98. The van der Waals surface area contributed by atoms with Gasteiger partial charge in [-0.05, 0) is 0 Å². The fraction of sp³-hybridized carbons (Fsp3) is 0.300. The van der Waals surface area contributed by atoms with E-state index in [-0.39, 0.29) is 26.3 Å². The van der Waals surface area contributed by atoms with E-state index >= 15 is 0 Å². The molecular formula is C20H22O6Se2. The van der Waals surface area contributed by atoms with E-state index in [0.717, 1.165) is 8.92 Å². The van der Waals surface area contributed by atoms with Crippen molar-refractivity contribution in [1.29, 1.82) is 0 Å². The third-order valence-corrected chi connectivity index (χ3v) is 10.8. The number of rotatable bonds is 9. The molecule has 0 fully saturated rings. The molecule has 0 aromatic heterocycles. The van der Waals surface area contributed by atoms with Crippen LogP contribution < -0.4 is 18.4 Å². The number of ether oxygens (including phenoxy) is 4. The molecule has 2 aromatic carbocycles. The maximum absolute atomic E-state index is 11.6. The fourth-order valence-corrected chi connectivity index (χ4v) is 8.86. The van der Waals surface area contributed by atoms with E-state index in [2.05, 4.69) is 0 Å². The molecule has 2 aromatic rings. The summed E-state index contributed by atoms with van der Waals surface area (Å²) in [6, 6.07) is 15.4. The van der Waals surface area contributed by atoms with Gasteiger partial charge in [-0.25, -0.2) is 0 Å². The van der Waals surface area contributed by atoms with Crippen LogP contribution in [0.2, 0.25) is 0 Å². The number of benzene rings is 2. The number of esters is 2. The Labute approximate surface area is 175 Å². The van der Waals surface area contributed by atoms with Gasteiger partial charge >= 0.3 is 176 Å². The number of hydrogen-bond donors (Lipinski definition) is 0. The first-order valence-electron chi connectivity index (χ1n) is 8.47. The van der Waals surface area contributed by atoms with Gasteiger partial charge in [0, 0.05) is 0 Å². The van der Waals surface area contributed by atoms with Gasteiger partial charge in [-0.3, -0.25) is 0 Å². The van der Waals surface area contributed by atoms with E-state index in [0.29, 0.717) is 11.5 Å². The van der Waals surface area contributed by atoms with Crippen molar-refractivity contribution in [3.8, 4) is 11.5 Å². The Balaban J connectivity index is 2.11. The van der Waals surface area contributed by atoms with E-state index in [1.165, 1.54) is 14.2 Å². The van der Waals surface area contributed by atoms with Crippen LogP contribution in [0.4, 0.5) is 0 Å². The van der Waals surface area contributed by atoms with Crippen LogP contribution in [-0.4, -0.2) is 64.6 Å². The third kappa shape index (κ3) is 6.28. The summed E-state index contributed by atoms with van der Waals surface area (Å²) in [5, 5.41) is 0. The third-order valence-electron chi connectivity index (χ3n) is 3.59. The van der Waals surface area contributed by atoms with E-state index in [9.17, 15) is 9.59 Å². The first-order valence-corrected chi connectivity index (χ1v) is 14.5. The van der Waals surface area contributed by atoms with Crippen molar-refractivity contribution in [3.05, 3.63) is 48.5 Å². The summed E-state index contributed by atoms with van der Waals surface area (Å²) in [5.74, 6) is 0.541. The topological polar surface area (TPSA) is 71.1 Å². The Bertz CT molecular complexity index is 743. The zero-order valence-electron chi connectivity index (χ0n) is 16.0. The van der Waals surface area contributed by atoms with Crippen LogP contribution in [0.15, 0.2) is 48.5 Å². The van der Waals surface area contributed by atoms with Crippen molar-refractivity contribution in [1.82, 2.24) is 0 Å². The van der Waals surface area contributed by atoms with Crippen LogP contribution in [-0.2, 0) is 19.1 Å². The molecule has 0 bridgehead atoms. The van der Waals surface area contributed by atoms with Crippen molar-refractivity contribution in [2.75, 3.05) is 14.2 Å². The van der Waals surface area contributed by atoms with Gasteiger partial charge in [0.25, 0.3) is 0 Å². The Morgan fingerprint density at radius 1 is 0.714 bits per heavy atom. The van der Waals surface area contributed by atoms with Gasteiger partial charge in [-0.2, -0.15) is 0 Å². The van der Waals surface area contributed by atoms with Gasteiger partial charge in [-0.15, -0.1) is 0 Å². The molecule has 6 nitrogen and oxygen atoms in total. The molecule has 0 saturated carbocycles. The van der Waals surface area contributed by atoms with Crippen molar-refractivity contribution in [2.24, 2.45) is 0 Å². The summed E-state index contributed by atoms with van der Waals surface area (Å²) in [4.78, 5) is 23.3. The average molecular weight is 516 g/mol. The van der Waals surface area contributed by atoms with E-state index in [1.807, 2.05) is 48.5 Å². The van der Waals surface area contributed by atoms with Crippen LogP contribution in [0.25, 0.3) is 0 Å². The van der Waals surface area contributed by atoms with Crippen molar-refractivity contribution >= 4 is 47.1 Å². The van der Waals surface area contributed by atoms with Crippen molar-refractivity contribution in [3.63, 3.8) is 0 Å². The van der Waals surface area contributed by atoms with Crippen LogP contribution in [0, 0.1) is 0 Å². The van der Waals surface area contributed by atoms with Crippen LogP contribution in [0.3, 0.4) is 0 Å². The standard InChI is InChI=1S/C20H22O6Se2/c1-13(19(21)23-3)25-15-9-5-7-11-17(15)27-28-18-12-8-6-10-16(18)26-14(2)20(22)24-4/h5-14H,1-4H3/t13-,14-/m1/s1. The number of methoxy groups -OCH3 is 2. The maximum atomic E-state index is 11.6. The van der Waals surface area contributed by atoms with E-state index in [1.54, 1.807) is 13.8 Å². The summed E-state index contributed by atoms with van der Waals surface area (Å²) in [6.07, 6.45) is -1.35. The van der Waals surface area contributed by atoms with Crippen LogP contribution >= 0.6 is 0 Å². The second kappa shape index (κ2) is 11.1. The molecule has 2 rings (SSSR count). The number of carbonyl (C=O) groups is 2. The molecule has 0 spiro atoms. The Morgan fingerprint density at radius 2 is 1.07 bits per heavy atom. The van der Waals surface area contributed by atoms with Gasteiger partial charge in [0.05, 0.1) is 0 Å². The molecule has 0 aliphatic heterocycles. The average Bonchev–Trinajstić information content (AvgIpc) is 2.72. The number of hydrogen-bond acceptors (Lipinski definition) is 6. The second-order valence-corrected chi connectivity index (χ2v) is 11.8. The van der Waals surface area contributed by atoms with Gasteiger partial charge in [0.2, 0.25) is 0 Å². The first-order chi connectivity index (χ1) is 13.5. The van der Waals surface area contributed by atoms with Gasteiger partial charge in [0.15, 0.2) is 0 Å². The number of para-hydroxylation sites is 2. The second-order valence-electron chi connectivity index (χ2n) is 5.63. The quantitative estimate of drug-likeness (QED) is 0.364. The molecule has 2 atom stereocenters. The van der Waals surface area contributed by atoms with Gasteiger partial charge < -0.3 is 0 Å². The molecule has 150 valence electrons. The summed E-state index contributed by atoms with van der Waals surface area (Å²) in [7, 11) is 2.68. The zero-order chi connectivity index (χ0) is 20.5. The predicted molar refractivity (Wildman–Crippen MR) is 108 cm³/mol. The fourth-order valence-electron chi connectivity index (χ4n) is 2.13. The van der Waals surface area contributed by atoms with E-state index in [4.69, 9.17) is 18.9 Å². The minimum atomic E-state index is -0.675. The zero-order valence-corrected chi connectivity index (χ0v) is 19.5. The van der Waals surface area contributed by atoms with E-state index < -0.39 is 24.1 Å². The Kier molecular flexibility index (Phi) is 8.86. The molecule has 0 aliphatic rings. The molecule has 0 amide bonds. The van der Waals surface area contributed by atoms with Crippen molar-refractivity contribution in [2.45, 2.75) is 26.1 Å². The molecule has 0 N–H and O–H groups in total. The SMILES string of the molecule is COC(=O)[C@@H](C)Oc1ccccc1[Se][Se]c1ccccc1O[C@H](C)C(=O)OC. The molecule has 0 aliphatic carbocycles. The first kappa shape index (κ1) is 22.3. The number of carbonyl (C=O) groups excluding carboxylic acids is 2. The summed E-state index contributed by atoms with van der Waals surface area (Å²) in [5.41, 5.74) is 0. The summed E-state index contributed by atoms with van der Waals surface area (Å²) < 4.78 is 23.1. The summed E-state index contributed by atoms with van der Waals surface area (Å²) >= 11 is 0.181. The van der Waals surface area contributed by atoms with Crippen molar-refractivity contribution < 1.29 is 28.5 Å². The monoisotopic (exact) mass is 518 g/mol. The molecular weight excluding hydrogens is 494 g/mol. The van der Waals surface area contributed by atoms with Crippen LogP contribution in [0.1, 0.15) is 13.8 Å². The Morgan fingerprint density at radius 3 is 1.43 bits per heavy atom. The molecule has 0 heterocycles. The summed E-state index contributed by atoms with van der Waals surface area (Å²) in [6.45, 7) is 3.33. The van der Waals surface area contributed by atoms with Gasteiger partial charge in [-0.1, -0.05) is 0 Å². The molecule has 0 radical (unpaired) electrons. The van der Waals surface area contributed by atoms with Crippen LogP contribution in [0.5, 0.6) is 11.5 Å². The molecule has 0 unspecified atom stereocenters. The molecule has 28 heavy (non-hydrogen) atoms. The van der Waals surface area contributed by atoms with Gasteiger partial charge in [0.1, 0.15) is 0 Å². The molecule has 0 saturated heterocycles.